The van der Waals surface area contributed by atoms with E-state index in [-0.39, 0.29) is 23.3 Å². The van der Waals surface area contributed by atoms with E-state index in [0.29, 0.717) is 9.99 Å². The van der Waals surface area contributed by atoms with Crippen LogP contribution in [0.3, 0.4) is 0 Å². The van der Waals surface area contributed by atoms with Gasteiger partial charge in [-0.2, -0.15) is 4.98 Å². The lowest BCUT2D eigenvalue weighted by Gasteiger charge is -2.27. The van der Waals surface area contributed by atoms with Gasteiger partial charge < -0.3 is 4.74 Å². The van der Waals surface area contributed by atoms with Gasteiger partial charge in [-0.3, -0.25) is 9.88 Å². The molecule has 0 N–H and O–H groups in total. The van der Waals surface area contributed by atoms with E-state index in [1.54, 1.807) is 33.0 Å². The highest BCUT2D eigenvalue weighted by Crippen LogP contribution is 2.27. The maximum Gasteiger partial charge on any atom is 0.416 e. The van der Waals surface area contributed by atoms with Gasteiger partial charge in [-0.1, -0.05) is 0 Å². The van der Waals surface area contributed by atoms with Crippen LogP contribution in [-0.4, -0.2) is 31.3 Å². The Hall–Kier alpha value is -2.26. The van der Waals surface area contributed by atoms with E-state index in [9.17, 15) is 9.18 Å². The smallest absolute Gasteiger partial charge is 0.416 e. The number of ether oxygens (including phenoxy) is 1. The Labute approximate surface area is 168 Å². The van der Waals surface area contributed by atoms with E-state index in [2.05, 4.69) is 31.0 Å². The van der Waals surface area contributed by atoms with Gasteiger partial charge in [0.05, 0.1) is 12.2 Å². The average molecular weight is 457 g/mol. The molecule has 27 heavy (non-hydrogen) atoms. The average Bonchev–Trinajstić information content (AvgIpc) is 2.91. The van der Waals surface area contributed by atoms with Crippen LogP contribution >= 0.6 is 27.5 Å². The molecule has 3 aromatic rings. The number of amides is 1. The van der Waals surface area contributed by atoms with Crippen molar-refractivity contribution in [2.45, 2.75) is 32.9 Å². The van der Waals surface area contributed by atoms with E-state index in [0.717, 1.165) is 0 Å². The molecule has 0 spiro atoms. The van der Waals surface area contributed by atoms with E-state index >= 15 is 0 Å². The summed E-state index contributed by atoms with van der Waals surface area (Å²) < 4.78 is 21.8. The Morgan fingerprint density at radius 2 is 2.19 bits per heavy atom. The Kier molecular flexibility index (Phi) is 5.34. The largest absolute Gasteiger partial charge is 0.443 e. The molecule has 0 aliphatic heterocycles. The second-order valence-electron chi connectivity index (χ2n) is 6.69. The van der Waals surface area contributed by atoms with Crippen LogP contribution < -0.4 is 4.90 Å². The third kappa shape index (κ3) is 4.54. The second kappa shape index (κ2) is 7.40. The van der Waals surface area contributed by atoms with Crippen molar-refractivity contribution in [3.05, 3.63) is 51.9 Å². The molecule has 0 aromatic carbocycles. The molecule has 0 aliphatic carbocycles. The molecule has 142 valence electrons. The number of hydrogen-bond acceptors (Lipinski definition) is 5. The third-order valence-corrected chi connectivity index (χ3v) is 3.99. The van der Waals surface area contributed by atoms with Crippen molar-refractivity contribution < 1.29 is 13.9 Å². The van der Waals surface area contributed by atoms with Gasteiger partial charge in [0.1, 0.15) is 16.9 Å². The molecule has 3 aromatic heterocycles. The van der Waals surface area contributed by atoms with Crippen LogP contribution in [0.5, 0.6) is 0 Å². The number of fused-ring (bicyclic) bond motifs is 1. The molecule has 1 amide bonds. The lowest BCUT2D eigenvalue weighted by Crippen LogP contribution is -2.37. The number of hydrogen-bond donors (Lipinski definition) is 0. The van der Waals surface area contributed by atoms with Crippen LogP contribution in [0, 0.1) is 5.82 Å². The highest BCUT2D eigenvalue weighted by Gasteiger charge is 2.28. The molecule has 10 heteroatoms. The van der Waals surface area contributed by atoms with Crippen molar-refractivity contribution in [3.8, 4) is 0 Å². The summed E-state index contributed by atoms with van der Waals surface area (Å²) in [6.07, 6.45) is 2.41. The molecule has 0 radical (unpaired) electrons. The number of carbonyl (C=O) groups is 1. The highest BCUT2D eigenvalue weighted by molar-refractivity contribution is 9.10. The molecule has 3 heterocycles. The van der Waals surface area contributed by atoms with Crippen LogP contribution in [0.25, 0.3) is 5.52 Å². The molecular weight excluding hydrogens is 441 g/mol. The monoisotopic (exact) mass is 455 g/mol. The van der Waals surface area contributed by atoms with Crippen molar-refractivity contribution in [1.29, 1.82) is 0 Å². The fourth-order valence-electron chi connectivity index (χ4n) is 2.35. The maximum atomic E-state index is 14.2. The Morgan fingerprint density at radius 1 is 1.44 bits per heavy atom. The molecule has 0 aliphatic rings. The molecule has 0 saturated heterocycles. The fourth-order valence-corrected chi connectivity index (χ4v) is 2.92. The van der Waals surface area contributed by atoms with E-state index in [1.807, 2.05) is 0 Å². The van der Waals surface area contributed by atoms with Crippen LogP contribution in [0.2, 0.25) is 5.28 Å². The number of pyridine rings is 1. The zero-order chi connectivity index (χ0) is 19.8. The van der Waals surface area contributed by atoms with Gasteiger partial charge in [-0.05, 0) is 66.5 Å². The Balaban J connectivity index is 2.12. The molecular formula is C17H16BrClFN5O2. The topological polar surface area (TPSA) is 72.6 Å². The van der Waals surface area contributed by atoms with E-state index in [4.69, 9.17) is 16.3 Å². The standard InChI is InChI=1S/C17H16BrClFN5O2/c1-17(2,3)27-16(26)24(9-12-11(20)5-4-6-21-12)14-13-7-10(18)8-25(13)23-15(19)22-14/h4-8H,9H2,1-3H3. The SMILES string of the molecule is CC(C)(C)OC(=O)N(Cc1ncccc1F)c1nc(Cl)nn2cc(Br)cc12. The van der Waals surface area contributed by atoms with Gasteiger partial charge in [0.2, 0.25) is 5.28 Å². The van der Waals surface area contributed by atoms with Gasteiger partial charge >= 0.3 is 6.09 Å². The number of anilines is 1. The minimum Gasteiger partial charge on any atom is -0.443 e. The summed E-state index contributed by atoms with van der Waals surface area (Å²) in [5, 5.41) is 4.00. The first-order valence-corrected chi connectivity index (χ1v) is 9.12. The number of nitrogens with zero attached hydrogens (tertiary/aromatic N) is 5. The van der Waals surface area contributed by atoms with Crippen LogP contribution in [0.1, 0.15) is 26.5 Å². The van der Waals surface area contributed by atoms with Gasteiger partial charge in [0.25, 0.3) is 0 Å². The minimum absolute atomic E-state index is 0.0712. The predicted octanol–water partition coefficient (Wildman–Crippen LogP) is 4.62. The minimum atomic E-state index is -0.756. The number of aromatic nitrogens is 4. The second-order valence-corrected chi connectivity index (χ2v) is 7.94. The van der Waals surface area contributed by atoms with Crippen LogP contribution in [0.4, 0.5) is 15.0 Å². The van der Waals surface area contributed by atoms with E-state index in [1.165, 1.54) is 27.7 Å². The zero-order valence-corrected chi connectivity index (χ0v) is 17.1. The molecule has 7 nitrogen and oxygen atoms in total. The number of rotatable bonds is 3. The fraction of sp³-hybridized carbons (Fsp3) is 0.294. The van der Waals surface area contributed by atoms with Gasteiger partial charge in [0, 0.05) is 16.9 Å². The summed E-state index contributed by atoms with van der Waals surface area (Å²) >= 11 is 9.38. The maximum absolute atomic E-state index is 14.2. The van der Waals surface area contributed by atoms with Crippen molar-refractivity contribution in [1.82, 2.24) is 19.6 Å². The predicted molar refractivity (Wildman–Crippen MR) is 102 cm³/mol. The molecule has 0 saturated carbocycles. The number of halogens is 3. The van der Waals surface area contributed by atoms with E-state index < -0.39 is 17.5 Å². The first kappa shape index (κ1) is 19.5. The lowest BCUT2D eigenvalue weighted by molar-refractivity contribution is 0.0576. The molecule has 0 bridgehead atoms. The molecule has 0 atom stereocenters. The molecule has 0 unspecified atom stereocenters. The molecule has 0 fully saturated rings. The Bertz CT molecular complexity index is 1000. The third-order valence-electron chi connectivity index (χ3n) is 3.40. The first-order valence-electron chi connectivity index (χ1n) is 7.95. The first-order chi connectivity index (χ1) is 12.6. The van der Waals surface area contributed by atoms with Crippen molar-refractivity contribution in [2.75, 3.05) is 4.90 Å². The van der Waals surface area contributed by atoms with Crippen molar-refractivity contribution >= 4 is 45.0 Å². The van der Waals surface area contributed by atoms with Crippen molar-refractivity contribution in [2.24, 2.45) is 0 Å². The van der Waals surface area contributed by atoms with Crippen molar-refractivity contribution in [3.63, 3.8) is 0 Å². The number of carbonyl (C=O) groups excluding carboxylic acids is 1. The summed E-state index contributed by atoms with van der Waals surface area (Å²) in [5.41, 5.74) is -0.191. The van der Waals surface area contributed by atoms with Gasteiger partial charge in [0.15, 0.2) is 5.82 Å². The summed E-state index contributed by atoms with van der Waals surface area (Å²) in [5.74, 6) is -0.362. The van der Waals surface area contributed by atoms with Gasteiger partial charge in [-0.25, -0.2) is 13.7 Å². The quantitative estimate of drug-likeness (QED) is 0.575. The van der Waals surface area contributed by atoms with Crippen LogP contribution in [-0.2, 0) is 11.3 Å². The highest BCUT2D eigenvalue weighted by atomic mass is 79.9. The zero-order valence-electron chi connectivity index (χ0n) is 14.8. The molecule has 3 rings (SSSR count). The lowest BCUT2D eigenvalue weighted by atomic mass is 10.2. The summed E-state index contributed by atoms with van der Waals surface area (Å²) in [6, 6.07) is 4.46. The summed E-state index contributed by atoms with van der Waals surface area (Å²) in [7, 11) is 0. The normalized spacial score (nSPS) is 11.6. The van der Waals surface area contributed by atoms with Gasteiger partial charge in [-0.15, -0.1) is 5.10 Å². The summed E-state index contributed by atoms with van der Waals surface area (Å²) in [4.78, 5) is 22.2. The van der Waals surface area contributed by atoms with Crippen LogP contribution in [0.15, 0.2) is 35.1 Å². The Morgan fingerprint density at radius 3 is 2.85 bits per heavy atom. The summed E-state index contributed by atoms with van der Waals surface area (Å²) in [6.45, 7) is 5.02.